The van der Waals surface area contributed by atoms with Crippen molar-refractivity contribution in [1.29, 1.82) is 0 Å². The molecule has 0 aliphatic rings. The van der Waals surface area contributed by atoms with Crippen LogP contribution < -0.4 is 5.32 Å². The molecule has 1 N–H and O–H groups in total. The second-order valence-corrected chi connectivity index (χ2v) is 7.16. The molecule has 0 aromatic carbocycles. The first kappa shape index (κ1) is 17.0. The summed E-state index contributed by atoms with van der Waals surface area (Å²) in [5, 5.41) is 6.49. The Morgan fingerprint density at radius 1 is 1.37 bits per heavy atom. The van der Waals surface area contributed by atoms with Gasteiger partial charge in [-0.3, -0.25) is 0 Å². The zero-order chi connectivity index (χ0) is 14.5. The van der Waals surface area contributed by atoms with Crippen LogP contribution in [0.25, 0.3) is 0 Å². The van der Waals surface area contributed by atoms with E-state index in [0.29, 0.717) is 0 Å². The monoisotopic (exact) mass is 303 g/mol. The Balaban J connectivity index is 3.03. The molecule has 2 atom stereocenters. The zero-order valence-electron chi connectivity index (χ0n) is 12.6. The summed E-state index contributed by atoms with van der Waals surface area (Å²) in [7, 11) is 0. The first-order valence-corrected chi connectivity index (χ1v) is 8.25. The van der Waals surface area contributed by atoms with Crippen molar-refractivity contribution in [3.63, 3.8) is 0 Å². The van der Waals surface area contributed by atoms with Gasteiger partial charge in [0.1, 0.15) is 0 Å². The minimum absolute atomic E-state index is 0.0642. The molecule has 4 heteroatoms. The van der Waals surface area contributed by atoms with Crippen molar-refractivity contribution in [3.8, 4) is 0 Å². The van der Waals surface area contributed by atoms with Crippen LogP contribution in [0, 0.1) is 5.41 Å². The maximum absolute atomic E-state index is 6.32. The Morgan fingerprint density at radius 3 is 2.47 bits per heavy atom. The lowest BCUT2D eigenvalue weighted by Crippen LogP contribution is -2.42. The molecular weight excluding hydrogens is 278 g/mol. The normalized spacial score (nSPS) is 15.5. The van der Waals surface area contributed by atoms with Crippen LogP contribution in [0.1, 0.15) is 52.0 Å². The molecule has 0 fully saturated rings. The van der Waals surface area contributed by atoms with E-state index in [0.717, 1.165) is 24.6 Å². The Kier molecular flexibility index (Phi) is 6.81. The molecule has 2 unspecified atom stereocenters. The molecule has 110 valence electrons. The predicted octanol–water partition coefficient (Wildman–Crippen LogP) is 4.89. The van der Waals surface area contributed by atoms with Crippen molar-refractivity contribution in [2.45, 2.75) is 53.2 Å². The number of ether oxygens (including phenoxy) is 1. The van der Waals surface area contributed by atoms with E-state index in [9.17, 15) is 0 Å². The van der Waals surface area contributed by atoms with E-state index >= 15 is 0 Å². The van der Waals surface area contributed by atoms with Gasteiger partial charge >= 0.3 is 0 Å². The summed E-state index contributed by atoms with van der Waals surface area (Å²) in [6.45, 7) is 12.6. The third-order valence-corrected chi connectivity index (χ3v) is 4.49. The van der Waals surface area contributed by atoms with Crippen LogP contribution in [-0.4, -0.2) is 19.3 Å². The van der Waals surface area contributed by atoms with Crippen LogP contribution in [0.15, 0.2) is 11.4 Å². The molecule has 0 amide bonds. The molecule has 0 saturated heterocycles. The first-order chi connectivity index (χ1) is 8.91. The SMILES string of the molecule is CCCNC(c1sccc1Cl)C(OCC)C(C)(C)C. The largest absolute Gasteiger partial charge is 0.376 e. The van der Waals surface area contributed by atoms with E-state index in [1.165, 1.54) is 4.88 Å². The van der Waals surface area contributed by atoms with E-state index in [-0.39, 0.29) is 17.6 Å². The third-order valence-electron chi connectivity index (χ3n) is 3.04. The summed E-state index contributed by atoms with van der Waals surface area (Å²) in [5.41, 5.74) is 0.0642. The van der Waals surface area contributed by atoms with Gasteiger partial charge in [0.25, 0.3) is 0 Å². The number of halogens is 1. The van der Waals surface area contributed by atoms with E-state index in [4.69, 9.17) is 16.3 Å². The number of nitrogens with one attached hydrogen (secondary N) is 1. The van der Waals surface area contributed by atoms with Gasteiger partial charge in [0, 0.05) is 11.5 Å². The molecule has 1 heterocycles. The van der Waals surface area contributed by atoms with Gasteiger partial charge in [0.05, 0.1) is 17.2 Å². The van der Waals surface area contributed by atoms with Crippen LogP contribution in [0.4, 0.5) is 0 Å². The van der Waals surface area contributed by atoms with Crippen molar-refractivity contribution in [1.82, 2.24) is 5.32 Å². The third kappa shape index (κ3) is 4.75. The zero-order valence-corrected chi connectivity index (χ0v) is 14.2. The molecule has 0 aliphatic heterocycles. The average molecular weight is 304 g/mol. The Morgan fingerprint density at radius 2 is 2.05 bits per heavy atom. The molecule has 19 heavy (non-hydrogen) atoms. The number of hydrogen-bond acceptors (Lipinski definition) is 3. The molecule has 1 aromatic rings. The van der Waals surface area contributed by atoms with Crippen LogP contribution in [-0.2, 0) is 4.74 Å². The Hall–Kier alpha value is -0.0900. The highest BCUT2D eigenvalue weighted by Crippen LogP contribution is 2.38. The lowest BCUT2D eigenvalue weighted by Gasteiger charge is -2.37. The summed E-state index contributed by atoms with van der Waals surface area (Å²) in [5.74, 6) is 0. The summed E-state index contributed by atoms with van der Waals surface area (Å²) in [6.07, 6.45) is 1.21. The van der Waals surface area contributed by atoms with Gasteiger partial charge in [-0.05, 0) is 36.8 Å². The predicted molar refractivity (Wildman–Crippen MR) is 85.2 cm³/mol. The summed E-state index contributed by atoms with van der Waals surface area (Å²) < 4.78 is 6.03. The second kappa shape index (κ2) is 7.63. The van der Waals surface area contributed by atoms with E-state index < -0.39 is 0 Å². The van der Waals surface area contributed by atoms with Crippen molar-refractivity contribution in [3.05, 3.63) is 21.3 Å². The molecule has 0 saturated carbocycles. The lowest BCUT2D eigenvalue weighted by atomic mass is 9.83. The van der Waals surface area contributed by atoms with Gasteiger partial charge in [-0.1, -0.05) is 39.3 Å². The molecule has 0 radical (unpaired) electrons. The highest BCUT2D eigenvalue weighted by molar-refractivity contribution is 7.10. The summed E-state index contributed by atoms with van der Waals surface area (Å²) in [6, 6.07) is 2.13. The summed E-state index contributed by atoms with van der Waals surface area (Å²) >= 11 is 8.03. The Bertz CT molecular complexity index is 372. The number of hydrogen-bond donors (Lipinski definition) is 1. The van der Waals surface area contributed by atoms with Crippen LogP contribution >= 0.6 is 22.9 Å². The molecule has 0 spiro atoms. The smallest absolute Gasteiger partial charge is 0.0826 e. The van der Waals surface area contributed by atoms with Gasteiger partial charge in [-0.15, -0.1) is 11.3 Å². The molecule has 0 bridgehead atoms. The minimum Gasteiger partial charge on any atom is -0.376 e. The molecule has 0 aliphatic carbocycles. The highest BCUT2D eigenvalue weighted by Gasteiger charge is 2.35. The molecular formula is C15H26ClNOS. The molecule has 1 aromatic heterocycles. The highest BCUT2D eigenvalue weighted by atomic mass is 35.5. The number of rotatable bonds is 7. The first-order valence-electron chi connectivity index (χ1n) is 6.99. The maximum Gasteiger partial charge on any atom is 0.0826 e. The van der Waals surface area contributed by atoms with Gasteiger partial charge in [0.15, 0.2) is 0 Å². The van der Waals surface area contributed by atoms with Gasteiger partial charge in [-0.25, -0.2) is 0 Å². The second-order valence-electron chi connectivity index (χ2n) is 5.81. The number of thiophene rings is 1. The average Bonchev–Trinajstić information content (AvgIpc) is 2.73. The minimum atomic E-state index is 0.0642. The standard InChI is InChI=1S/C15H26ClNOS/c1-6-9-17-12(13-11(16)8-10-19-13)14(18-7-2)15(3,4)5/h8,10,12,14,17H,6-7,9H2,1-5H3. The van der Waals surface area contributed by atoms with Crippen molar-refractivity contribution in [2.24, 2.45) is 5.41 Å². The Labute approximate surface area is 126 Å². The fraction of sp³-hybridized carbons (Fsp3) is 0.733. The topological polar surface area (TPSA) is 21.3 Å². The fourth-order valence-corrected chi connectivity index (χ4v) is 3.46. The van der Waals surface area contributed by atoms with Gasteiger partial charge in [-0.2, -0.15) is 0 Å². The van der Waals surface area contributed by atoms with Crippen LogP contribution in [0.3, 0.4) is 0 Å². The molecule has 1 rings (SSSR count). The lowest BCUT2D eigenvalue weighted by molar-refractivity contribution is -0.0357. The van der Waals surface area contributed by atoms with Gasteiger partial charge < -0.3 is 10.1 Å². The van der Waals surface area contributed by atoms with Crippen molar-refractivity contribution >= 4 is 22.9 Å². The van der Waals surface area contributed by atoms with Crippen LogP contribution in [0.2, 0.25) is 5.02 Å². The fourth-order valence-electron chi connectivity index (χ4n) is 2.19. The van der Waals surface area contributed by atoms with E-state index in [2.05, 4.69) is 33.0 Å². The maximum atomic E-state index is 6.32. The molecule has 2 nitrogen and oxygen atoms in total. The van der Waals surface area contributed by atoms with Crippen molar-refractivity contribution in [2.75, 3.05) is 13.2 Å². The van der Waals surface area contributed by atoms with Crippen LogP contribution in [0.5, 0.6) is 0 Å². The van der Waals surface area contributed by atoms with Gasteiger partial charge in [0.2, 0.25) is 0 Å². The quantitative estimate of drug-likeness (QED) is 0.774. The summed E-state index contributed by atoms with van der Waals surface area (Å²) in [4.78, 5) is 1.18. The van der Waals surface area contributed by atoms with E-state index in [1.807, 2.05) is 18.4 Å². The van der Waals surface area contributed by atoms with E-state index in [1.54, 1.807) is 11.3 Å². The van der Waals surface area contributed by atoms with Crippen molar-refractivity contribution < 1.29 is 4.74 Å².